The fourth-order valence-electron chi connectivity index (χ4n) is 4.42. The second kappa shape index (κ2) is 10.3. The molecule has 8 heteroatoms. The maximum atomic E-state index is 12.9. The van der Waals surface area contributed by atoms with Crippen molar-refractivity contribution in [1.29, 1.82) is 0 Å². The Morgan fingerprint density at radius 3 is 2.55 bits per heavy atom. The van der Waals surface area contributed by atoms with E-state index in [9.17, 15) is 18.0 Å². The number of likely N-dealkylation sites (tertiary alicyclic amines) is 1. The zero-order valence-electron chi connectivity index (χ0n) is 18.8. The molecule has 1 fully saturated rings. The first-order valence-electron chi connectivity index (χ1n) is 11.5. The fourth-order valence-corrected chi connectivity index (χ4v) is 6.70. The molecule has 2 aliphatic rings. The van der Waals surface area contributed by atoms with Crippen molar-refractivity contribution < 1.29 is 18.0 Å². The number of sulfone groups is 1. The van der Waals surface area contributed by atoms with Gasteiger partial charge in [0.1, 0.15) is 0 Å². The van der Waals surface area contributed by atoms with E-state index in [-0.39, 0.29) is 34.1 Å². The third-order valence-electron chi connectivity index (χ3n) is 6.42. The van der Waals surface area contributed by atoms with Gasteiger partial charge in [-0.3, -0.25) is 9.59 Å². The lowest BCUT2D eigenvalue weighted by atomic mass is 9.90. The molecule has 0 spiro atoms. The molecule has 4 rings (SSSR count). The summed E-state index contributed by atoms with van der Waals surface area (Å²) in [5.74, 6) is 0.114. The number of hydrogen-bond donors (Lipinski definition) is 1. The van der Waals surface area contributed by atoms with Gasteiger partial charge in [-0.15, -0.1) is 11.8 Å². The van der Waals surface area contributed by atoms with Crippen LogP contribution in [0.25, 0.3) is 0 Å². The van der Waals surface area contributed by atoms with Crippen molar-refractivity contribution in [2.45, 2.75) is 54.1 Å². The minimum atomic E-state index is -3.62. The number of carbonyl (C=O) groups excluding carboxylic acids is 2. The Morgan fingerprint density at radius 1 is 1.12 bits per heavy atom. The van der Waals surface area contributed by atoms with Crippen LogP contribution in [0.1, 0.15) is 38.2 Å². The summed E-state index contributed by atoms with van der Waals surface area (Å²) in [5, 5.41) is 2.65. The van der Waals surface area contributed by atoms with E-state index in [0.717, 1.165) is 24.2 Å². The van der Waals surface area contributed by atoms with Crippen molar-refractivity contribution in [3.8, 4) is 0 Å². The first-order valence-corrected chi connectivity index (χ1v) is 14.0. The lowest BCUT2D eigenvalue weighted by Crippen LogP contribution is -2.39. The second-order valence-corrected chi connectivity index (χ2v) is 12.1. The Balaban J connectivity index is 1.30. The van der Waals surface area contributed by atoms with Crippen molar-refractivity contribution in [2.24, 2.45) is 5.92 Å². The van der Waals surface area contributed by atoms with Crippen LogP contribution in [-0.2, 0) is 25.8 Å². The molecular formula is C25H30N2O4S2. The largest absolute Gasteiger partial charge is 0.343 e. The molecule has 0 saturated carbocycles. The zero-order valence-corrected chi connectivity index (χ0v) is 20.5. The first kappa shape index (κ1) is 23.8. The van der Waals surface area contributed by atoms with Crippen LogP contribution in [0.4, 0.5) is 5.69 Å². The van der Waals surface area contributed by atoms with Crippen LogP contribution in [-0.4, -0.2) is 49.2 Å². The van der Waals surface area contributed by atoms with E-state index in [1.165, 1.54) is 23.4 Å². The monoisotopic (exact) mass is 486 g/mol. The second-order valence-electron chi connectivity index (χ2n) is 8.74. The molecule has 0 radical (unpaired) electrons. The summed E-state index contributed by atoms with van der Waals surface area (Å²) in [6, 6.07) is 15.2. The average molecular weight is 487 g/mol. The van der Waals surface area contributed by atoms with Gasteiger partial charge in [0.05, 0.1) is 21.6 Å². The molecular weight excluding hydrogens is 456 g/mol. The van der Waals surface area contributed by atoms with Gasteiger partial charge < -0.3 is 10.2 Å². The Hall–Kier alpha value is -2.32. The summed E-state index contributed by atoms with van der Waals surface area (Å²) in [7, 11) is -3.62. The Morgan fingerprint density at radius 2 is 1.85 bits per heavy atom. The van der Waals surface area contributed by atoms with Crippen LogP contribution >= 0.6 is 11.8 Å². The molecule has 1 N–H and O–H groups in total. The molecule has 2 aromatic carbocycles. The maximum absolute atomic E-state index is 12.9. The molecule has 2 heterocycles. The minimum Gasteiger partial charge on any atom is -0.343 e. The number of carbonyl (C=O) groups is 2. The van der Waals surface area contributed by atoms with Gasteiger partial charge >= 0.3 is 0 Å². The summed E-state index contributed by atoms with van der Waals surface area (Å²) in [5.41, 5.74) is 1.85. The summed E-state index contributed by atoms with van der Waals surface area (Å²) >= 11 is 1.45. The summed E-state index contributed by atoms with van der Waals surface area (Å²) in [6.07, 6.45) is 3.58. The topological polar surface area (TPSA) is 83.6 Å². The van der Waals surface area contributed by atoms with E-state index in [4.69, 9.17) is 0 Å². The SMILES string of the molecule is CCC1Sc2ccc(S(=O)(=O)CCC(=O)N3CCC(Cc4ccccc4)CC3)cc2NC1=O. The highest BCUT2D eigenvalue weighted by Crippen LogP contribution is 2.38. The van der Waals surface area contributed by atoms with E-state index >= 15 is 0 Å². The number of rotatable bonds is 7. The molecule has 6 nitrogen and oxygen atoms in total. The Labute approximate surface area is 200 Å². The van der Waals surface area contributed by atoms with Crippen LogP contribution in [0.15, 0.2) is 58.3 Å². The first-order chi connectivity index (χ1) is 15.9. The van der Waals surface area contributed by atoms with Crippen LogP contribution in [0.3, 0.4) is 0 Å². The number of hydrogen-bond acceptors (Lipinski definition) is 5. The molecule has 176 valence electrons. The molecule has 0 aliphatic carbocycles. The van der Waals surface area contributed by atoms with Crippen molar-refractivity contribution >= 4 is 39.1 Å². The molecule has 33 heavy (non-hydrogen) atoms. The molecule has 2 amide bonds. The summed E-state index contributed by atoms with van der Waals surface area (Å²) < 4.78 is 25.7. The van der Waals surface area contributed by atoms with Gasteiger partial charge in [0.15, 0.2) is 9.84 Å². The van der Waals surface area contributed by atoms with Crippen molar-refractivity contribution in [3.05, 3.63) is 54.1 Å². The fraction of sp³-hybridized carbons (Fsp3) is 0.440. The van der Waals surface area contributed by atoms with Gasteiger partial charge in [-0.1, -0.05) is 37.3 Å². The van der Waals surface area contributed by atoms with Crippen molar-refractivity contribution in [3.63, 3.8) is 0 Å². The third kappa shape index (κ3) is 5.79. The van der Waals surface area contributed by atoms with Crippen LogP contribution in [0.2, 0.25) is 0 Å². The smallest absolute Gasteiger partial charge is 0.237 e. The summed E-state index contributed by atoms with van der Waals surface area (Å²) in [6.45, 7) is 3.30. The number of amides is 2. The molecule has 1 saturated heterocycles. The van der Waals surface area contributed by atoms with Crippen LogP contribution in [0.5, 0.6) is 0 Å². The van der Waals surface area contributed by atoms with Crippen LogP contribution < -0.4 is 5.32 Å². The quantitative estimate of drug-likeness (QED) is 0.636. The predicted octanol–water partition coefficient (Wildman–Crippen LogP) is 4.15. The molecule has 1 unspecified atom stereocenters. The molecule has 2 aliphatic heterocycles. The van der Waals surface area contributed by atoms with Gasteiger partial charge in [-0.2, -0.15) is 0 Å². The van der Waals surface area contributed by atoms with Gasteiger partial charge in [-0.25, -0.2) is 8.42 Å². The van der Waals surface area contributed by atoms with E-state index in [2.05, 4.69) is 17.4 Å². The highest BCUT2D eigenvalue weighted by molar-refractivity contribution is 8.01. The van der Waals surface area contributed by atoms with Gasteiger partial charge in [0, 0.05) is 24.4 Å². The highest BCUT2D eigenvalue weighted by atomic mass is 32.2. The van der Waals surface area contributed by atoms with Crippen molar-refractivity contribution in [1.82, 2.24) is 4.90 Å². The number of nitrogens with zero attached hydrogens (tertiary/aromatic N) is 1. The average Bonchev–Trinajstić information content (AvgIpc) is 2.83. The molecule has 0 aromatic heterocycles. The van der Waals surface area contributed by atoms with E-state index in [1.54, 1.807) is 17.0 Å². The van der Waals surface area contributed by atoms with E-state index in [1.807, 2.05) is 25.1 Å². The number of thioether (sulfide) groups is 1. The maximum Gasteiger partial charge on any atom is 0.237 e. The van der Waals surface area contributed by atoms with Crippen LogP contribution in [0, 0.1) is 5.92 Å². The van der Waals surface area contributed by atoms with Gasteiger partial charge in [0.25, 0.3) is 0 Å². The number of nitrogens with one attached hydrogen (secondary N) is 1. The zero-order chi connectivity index (χ0) is 23.4. The third-order valence-corrected chi connectivity index (χ3v) is 9.58. The normalized spacial score (nSPS) is 19.1. The predicted molar refractivity (Wildman–Crippen MR) is 131 cm³/mol. The molecule has 0 bridgehead atoms. The standard InChI is InChI=1S/C25H30N2O4S2/c1-2-22-25(29)26-21-17-20(8-9-23(21)32-22)33(30,31)15-12-24(28)27-13-10-19(11-14-27)16-18-6-4-3-5-7-18/h3-9,17,19,22H,2,10-16H2,1H3,(H,26,29). The number of benzene rings is 2. The Kier molecular flexibility index (Phi) is 7.44. The minimum absolute atomic E-state index is 0.0260. The lowest BCUT2D eigenvalue weighted by Gasteiger charge is -2.32. The lowest BCUT2D eigenvalue weighted by molar-refractivity contribution is -0.132. The van der Waals surface area contributed by atoms with E-state index in [0.29, 0.717) is 31.1 Å². The molecule has 1 atom stereocenters. The van der Waals surface area contributed by atoms with Crippen molar-refractivity contribution in [2.75, 3.05) is 24.2 Å². The highest BCUT2D eigenvalue weighted by Gasteiger charge is 2.28. The Bertz CT molecular complexity index is 1110. The number of anilines is 1. The number of fused-ring (bicyclic) bond motifs is 1. The van der Waals surface area contributed by atoms with Gasteiger partial charge in [-0.05, 0) is 55.4 Å². The number of piperidine rings is 1. The van der Waals surface area contributed by atoms with Gasteiger partial charge in [0.2, 0.25) is 11.8 Å². The molecule has 2 aromatic rings. The summed E-state index contributed by atoms with van der Waals surface area (Å²) in [4.78, 5) is 27.6. The van der Waals surface area contributed by atoms with E-state index < -0.39 is 9.84 Å².